The van der Waals surface area contributed by atoms with Gasteiger partial charge in [-0.15, -0.1) is 0 Å². The third-order valence-electron chi connectivity index (χ3n) is 4.67. The third-order valence-corrected chi connectivity index (χ3v) is 6.07. The molecule has 10 heteroatoms. The molecule has 4 rings (SSSR count). The first-order valence-electron chi connectivity index (χ1n) is 10.1. The highest BCUT2D eigenvalue weighted by Gasteiger charge is 2.15. The van der Waals surface area contributed by atoms with E-state index in [1.54, 1.807) is 24.4 Å². The zero-order valence-electron chi connectivity index (χ0n) is 17.7. The molecular weight excluding hydrogens is 459 g/mol. The molecule has 0 aliphatic heterocycles. The number of ether oxygens (including phenoxy) is 1. The highest BCUT2D eigenvalue weighted by atomic mass is 32.2. The Kier molecular flexibility index (Phi) is 6.79. The highest BCUT2D eigenvalue weighted by molar-refractivity contribution is 7.92. The summed E-state index contributed by atoms with van der Waals surface area (Å²) < 4.78 is 47.2. The first-order valence-corrected chi connectivity index (χ1v) is 11.6. The van der Waals surface area contributed by atoms with Gasteiger partial charge in [0.1, 0.15) is 5.75 Å². The average Bonchev–Trinajstić information content (AvgIpc) is 2.85. The van der Waals surface area contributed by atoms with Crippen molar-refractivity contribution in [3.63, 3.8) is 0 Å². The summed E-state index contributed by atoms with van der Waals surface area (Å²) in [4.78, 5) is 20.2. The number of nitrogens with one attached hydrogen (secondary N) is 2. The Morgan fingerprint density at radius 3 is 2.38 bits per heavy atom. The minimum atomic E-state index is -3.81. The number of carbonyl (C=O) groups excluding carboxylic acids is 1. The SMILES string of the molecule is O=C(NCc1ccc(Oc2cccnc2)c(F)c1)c1ccc(S(=O)(=O)Nc2ccncc2)cc1. The first kappa shape index (κ1) is 22.9. The lowest BCUT2D eigenvalue weighted by Gasteiger charge is -2.10. The normalized spacial score (nSPS) is 11.0. The summed E-state index contributed by atoms with van der Waals surface area (Å²) in [7, 11) is -3.81. The van der Waals surface area contributed by atoms with Crippen LogP contribution in [-0.2, 0) is 16.6 Å². The predicted octanol–water partition coefficient (Wildman–Crippen LogP) is 4.14. The van der Waals surface area contributed by atoms with Crippen molar-refractivity contribution in [1.29, 1.82) is 0 Å². The fourth-order valence-electron chi connectivity index (χ4n) is 2.98. The first-order chi connectivity index (χ1) is 16.4. The largest absolute Gasteiger partial charge is 0.453 e. The highest BCUT2D eigenvalue weighted by Crippen LogP contribution is 2.24. The maximum atomic E-state index is 14.4. The summed E-state index contributed by atoms with van der Waals surface area (Å²) in [6, 6.07) is 16.2. The standard InChI is InChI=1S/C24H19FN4O4S/c25-22-14-17(3-8-23(22)33-20-2-1-11-27-16-20)15-28-24(30)18-4-6-21(7-5-18)34(31,32)29-19-9-12-26-13-10-19/h1-14,16H,15H2,(H,26,29)(H,28,30). The number of benzene rings is 2. The molecule has 2 heterocycles. The van der Waals surface area contributed by atoms with Gasteiger partial charge in [0.05, 0.1) is 16.8 Å². The van der Waals surface area contributed by atoms with E-state index in [1.807, 2.05) is 0 Å². The Morgan fingerprint density at radius 2 is 1.71 bits per heavy atom. The summed E-state index contributed by atoms with van der Waals surface area (Å²) in [6.07, 6.45) is 6.00. The van der Waals surface area contributed by atoms with E-state index in [4.69, 9.17) is 4.74 Å². The summed E-state index contributed by atoms with van der Waals surface area (Å²) in [5.74, 6) is -0.557. The molecule has 0 saturated heterocycles. The van der Waals surface area contributed by atoms with Gasteiger partial charge in [-0.2, -0.15) is 0 Å². The second kappa shape index (κ2) is 10.1. The predicted molar refractivity (Wildman–Crippen MR) is 123 cm³/mol. The number of hydrogen-bond donors (Lipinski definition) is 2. The van der Waals surface area contributed by atoms with Crippen LogP contribution in [0, 0.1) is 5.82 Å². The second-order valence-electron chi connectivity index (χ2n) is 7.10. The average molecular weight is 479 g/mol. The number of aromatic nitrogens is 2. The summed E-state index contributed by atoms with van der Waals surface area (Å²) >= 11 is 0. The monoisotopic (exact) mass is 478 g/mol. The van der Waals surface area contributed by atoms with Crippen LogP contribution in [-0.4, -0.2) is 24.3 Å². The van der Waals surface area contributed by atoms with Crippen LogP contribution in [0.15, 0.2) is 96.4 Å². The van der Waals surface area contributed by atoms with Gasteiger partial charge in [-0.1, -0.05) is 6.07 Å². The van der Waals surface area contributed by atoms with Gasteiger partial charge >= 0.3 is 0 Å². The molecule has 0 bridgehead atoms. The topological polar surface area (TPSA) is 110 Å². The van der Waals surface area contributed by atoms with E-state index < -0.39 is 21.7 Å². The number of pyridine rings is 2. The zero-order valence-corrected chi connectivity index (χ0v) is 18.5. The van der Waals surface area contributed by atoms with Crippen LogP contribution in [0.25, 0.3) is 0 Å². The van der Waals surface area contributed by atoms with Crippen molar-refractivity contribution in [2.75, 3.05) is 4.72 Å². The van der Waals surface area contributed by atoms with E-state index in [1.165, 1.54) is 67.1 Å². The van der Waals surface area contributed by atoms with Crippen molar-refractivity contribution in [3.8, 4) is 11.5 Å². The third kappa shape index (κ3) is 5.73. The molecule has 2 aromatic carbocycles. The molecule has 0 aliphatic carbocycles. The van der Waals surface area contributed by atoms with Crippen molar-refractivity contribution in [2.24, 2.45) is 0 Å². The summed E-state index contributed by atoms with van der Waals surface area (Å²) in [5, 5.41) is 2.68. The van der Waals surface area contributed by atoms with Gasteiger partial charge in [0.25, 0.3) is 15.9 Å². The molecule has 0 fully saturated rings. The molecule has 2 aromatic heterocycles. The molecule has 172 valence electrons. The number of anilines is 1. The lowest BCUT2D eigenvalue weighted by molar-refractivity contribution is 0.0950. The molecule has 0 aliphatic rings. The van der Waals surface area contributed by atoms with Gasteiger partial charge in [0, 0.05) is 30.7 Å². The number of hydrogen-bond acceptors (Lipinski definition) is 6. The van der Waals surface area contributed by atoms with Gasteiger partial charge in [-0.25, -0.2) is 12.8 Å². The number of carbonyl (C=O) groups is 1. The Balaban J connectivity index is 1.36. The van der Waals surface area contributed by atoms with Crippen LogP contribution in [0.5, 0.6) is 11.5 Å². The minimum Gasteiger partial charge on any atom is -0.453 e. The fraction of sp³-hybridized carbons (Fsp3) is 0.0417. The lowest BCUT2D eigenvalue weighted by Crippen LogP contribution is -2.23. The quantitative estimate of drug-likeness (QED) is 0.394. The fourth-order valence-corrected chi connectivity index (χ4v) is 4.03. The smallest absolute Gasteiger partial charge is 0.261 e. The van der Waals surface area contributed by atoms with Crippen LogP contribution < -0.4 is 14.8 Å². The van der Waals surface area contributed by atoms with Crippen LogP contribution >= 0.6 is 0 Å². The number of nitrogens with zero attached hydrogens (tertiary/aromatic N) is 2. The molecule has 34 heavy (non-hydrogen) atoms. The minimum absolute atomic E-state index is 0.00661. The van der Waals surface area contributed by atoms with Crippen LogP contribution in [0.1, 0.15) is 15.9 Å². The Labute approximate surface area is 195 Å². The van der Waals surface area contributed by atoms with Crippen molar-refractivity contribution in [2.45, 2.75) is 11.4 Å². The number of rotatable bonds is 8. The number of halogens is 1. The second-order valence-corrected chi connectivity index (χ2v) is 8.79. The lowest BCUT2D eigenvalue weighted by atomic mass is 10.2. The Morgan fingerprint density at radius 1 is 0.941 bits per heavy atom. The summed E-state index contributed by atoms with van der Waals surface area (Å²) in [5.41, 5.74) is 1.17. The van der Waals surface area contributed by atoms with Crippen LogP contribution in [0.4, 0.5) is 10.1 Å². The van der Waals surface area contributed by atoms with E-state index in [0.29, 0.717) is 17.0 Å². The molecule has 0 atom stereocenters. The number of sulfonamides is 1. The van der Waals surface area contributed by atoms with E-state index in [0.717, 1.165) is 0 Å². The molecule has 0 saturated carbocycles. The van der Waals surface area contributed by atoms with Crippen molar-refractivity contribution < 1.29 is 22.3 Å². The molecule has 0 radical (unpaired) electrons. The molecule has 2 N–H and O–H groups in total. The summed E-state index contributed by atoms with van der Waals surface area (Å²) in [6.45, 7) is 0.0760. The molecule has 0 unspecified atom stereocenters. The Bertz CT molecular complexity index is 1380. The van der Waals surface area contributed by atoms with Crippen molar-refractivity contribution in [3.05, 3.63) is 108 Å². The maximum Gasteiger partial charge on any atom is 0.261 e. The Hall–Kier alpha value is -4.31. The van der Waals surface area contributed by atoms with Crippen LogP contribution in [0.3, 0.4) is 0 Å². The molecule has 4 aromatic rings. The zero-order chi connectivity index (χ0) is 24.0. The molecular formula is C24H19FN4O4S. The van der Waals surface area contributed by atoms with Gasteiger partial charge < -0.3 is 10.1 Å². The van der Waals surface area contributed by atoms with Crippen LogP contribution in [0.2, 0.25) is 0 Å². The molecule has 0 spiro atoms. The van der Waals surface area contributed by atoms with Gasteiger partial charge in [-0.05, 0) is 66.2 Å². The maximum absolute atomic E-state index is 14.4. The van der Waals surface area contributed by atoms with Gasteiger partial charge in [0.15, 0.2) is 11.6 Å². The van der Waals surface area contributed by atoms with Crippen molar-refractivity contribution >= 4 is 21.6 Å². The van der Waals surface area contributed by atoms with Gasteiger partial charge in [0.2, 0.25) is 0 Å². The van der Waals surface area contributed by atoms with E-state index in [-0.39, 0.29) is 22.8 Å². The molecule has 1 amide bonds. The van der Waals surface area contributed by atoms with E-state index >= 15 is 0 Å². The van der Waals surface area contributed by atoms with Crippen molar-refractivity contribution in [1.82, 2.24) is 15.3 Å². The number of amides is 1. The van der Waals surface area contributed by atoms with E-state index in [2.05, 4.69) is 20.0 Å². The van der Waals surface area contributed by atoms with E-state index in [9.17, 15) is 17.6 Å². The van der Waals surface area contributed by atoms with Gasteiger partial charge in [-0.3, -0.25) is 19.5 Å². The molecule has 8 nitrogen and oxygen atoms in total.